The molecule has 0 saturated heterocycles. The van der Waals surface area contributed by atoms with Crippen molar-refractivity contribution >= 4 is 5.82 Å². The van der Waals surface area contributed by atoms with E-state index < -0.39 is 0 Å². The highest BCUT2D eigenvalue weighted by Gasteiger charge is 1.98. The molecule has 0 spiro atoms. The highest BCUT2D eigenvalue weighted by Crippen LogP contribution is 1.97. The quantitative estimate of drug-likeness (QED) is 0.679. The standard InChI is InChI=1S/C7H8N6/c8-6-1-2-9-7(11-6)5-13-4-3-10-12-13/h1-4H,5H2,(H2,8,9,11). The van der Waals surface area contributed by atoms with Crippen molar-refractivity contribution in [1.29, 1.82) is 0 Å². The van der Waals surface area contributed by atoms with Crippen LogP contribution in [0.25, 0.3) is 0 Å². The SMILES string of the molecule is Nc1ccnc(Cn2ccnn2)n1. The predicted molar refractivity (Wildman–Crippen MR) is 45.6 cm³/mol. The molecule has 2 aromatic heterocycles. The van der Waals surface area contributed by atoms with Crippen molar-refractivity contribution < 1.29 is 0 Å². The topological polar surface area (TPSA) is 82.5 Å². The summed E-state index contributed by atoms with van der Waals surface area (Å²) in [5, 5.41) is 7.45. The second kappa shape index (κ2) is 3.18. The molecule has 2 N–H and O–H groups in total. The normalized spacial score (nSPS) is 10.2. The van der Waals surface area contributed by atoms with Crippen LogP contribution in [-0.4, -0.2) is 25.0 Å². The van der Waals surface area contributed by atoms with Gasteiger partial charge in [-0.3, -0.25) is 0 Å². The molecule has 2 heterocycles. The third-order valence-corrected chi connectivity index (χ3v) is 1.50. The zero-order valence-electron chi connectivity index (χ0n) is 6.83. The van der Waals surface area contributed by atoms with Gasteiger partial charge < -0.3 is 5.73 Å². The monoisotopic (exact) mass is 176 g/mol. The van der Waals surface area contributed by atoms with Crippen molar-refractivity contribution in [2.24, 2.45) is 0 Å². The Hall–Kier alpha value is -1.98. The van der Waals surface area contributed by atoms with Crippen molar-refractivity contribution in [2.45, 2.75) is 6.54 Å². The molecule has 0 unspecified atom stereocenters. The third kappa shape index (κ3) is 1.78. The van der Waals surface area contributed by atoms with Crippen LogP contribution in [0.3, 0.4) is 0 Å². The second-order valence-electron chi connectivity index (χ2n) is 2.50. The smallest absolute Gasteiger partial charge is 0.152 e. The molecule has 6 nitrogen and oxygen atoms in total. The van der Waals surface area contributed by atoms with Crippen LogP contribution in [0.1, 0.15) is 5.82 Å². The van der Waals surface area contributed by atoms with Crippen LogP contribution >= 0.6 is 0 Å². The molecular weight excluding hydrogens is 168 g/mol. The fourth-order valence-electron chi connectivity index (χ4n) is 0.953. The highest BCUT2D eigenvalue weighted by atomic mass is 15.4. The summed E-state index contributed by atoms with van der Waals surface area (Å²) in [6, 6.07) is 1.64. The fourth-order valence-corrected chi connectivity index (χ4v) is 0.953. The number of aromatic nitrogens is 5. The van der Waals surface area contributed by atoms with Gasteiger partial charge in [0.15, 0.2) is 5.82 Å². The molecule has 0 bridgehead atoms. The van der Waals surface area contributed by atoms with Gasteiger partial charge >= 0.3 is 0 Å². The van der Waals surface area contributed by atoms with E-state index in [-0.39, 0.29) is 0 Å². The molecule has 6 heteroatoms. The Morgan fingerprint density at radius 3 is 3.00 bits per heavy atom. The van der Waals surface area contributed by atoms with Gasteiger partial charge in [-0.1, -0.05) is 5.21 Å². The lowest BCUT2D eigenvalue weighted by Gasteiger charge is -1.99. The zero-order valence-corrected chi connectivity index (χ0v) is 6.83. The maximum atomic E-state index is 5.49. The molecule has 0 aliphatic rings. The van der Waals surface area contributed by atoms with E-state index in [4.69, 9.17) is 5.73 Å². The van der Waals surface area contributed by atoms with E-state index in [1.165, 1.54) is 0 Å². The Kier molecular flexibility index (Phi) is 1.87. The molecule has 2 rings (SSSR count). The number of rotatable bonds is 2. The minimum absolute atomic E-state index is 0.463. The lowest BCUT2D eigenvalue weighted by Crippen LogP contribution is -2.06. The third-order valence-electron chi connectivity index (χ3n) is 1.50. The van der Waals surface area contributed by atoms with Crippen LogP contribution in [0.4, 0.5) is 5.82 Å². The van der Waals surface area contributed by atoms with E-state index in [0.717, 1.165) is 0 Å². The summed E-state index contributed by atoms with van der Waals surface area (Å²) in [7, 11) is 0. The second-order valence-corrected chi connectivity index (χ2v) is 2.50. The van der Waals surface area contributed by atoms with Crippen LogP contribution in [0, 0.1) is 0 Å². The van der Waals surface area contributed by atoms with E-state index in [1.54, 1.807) is 29.3 Å². The molecule has 0 aliphatic carbocycles. The van der Waals surface area contributed by atoms with Gasteiger partial charge in [-0.25, -0.2) is 14.6 Å². The summed E-state index contributed by atoms with van der Waals surface area (Å²) >= 11 is 0. The summed E-state index contributed by atoms with van der Waals surface area (Å²) in [6.07, 6.45) is 4.97. The molecule has 0 saturated carbocycles. The number of nitrogens with zero attached hydrogens (tertiary/aromatic N) is 5. The zero-order chi connectivity index (χ0) is 9.10. The summed E-state index contributed by atoms with van der Waals surface area (Å²) in [4.78, 5) is 8.06. The van der Waals surface area contributed by atoms with E-state index in [1.807, 2.05) is 0 Å². The first-order valence-electron chi connectivity index (χ1n) is 3.76. The first-order valence-corrected chi connectivity index (χ1v) is 3.76. The number of anilines is 1. The van der Waals surface area contributed by atoms with Gasteiger partial charge in [-0.05, 0) is 6.07 Å². The average Bonchev–Trinajstić information content (AvgIpc) is 2.57. The van der Waals surface area contributed by atoms with Crippen LogP contribution in [0.2, 0.25) is 0 Å². The van der Waals surface area contributed by atoms with Gasteiger partial charge in [-0.2, -0.15) is 0 Å². The summed E-state index contributed by atoms with van der Waals surface area (Å²) < 4.78 is 1.63. The van der Waals surface area contributed by atoms with Crippen LogP contribution < -0.4 is 5.73 Å². The Bertz CT molecular complexity index is 382. The lowest BCUT2D eigenvalue weighted by molar-refractivity contribution is 0.625. The largest absolute Gasteiger partial charge is 0.384 e. The van der Waals surface area contributed by atoms with Gasteiger partial charge in [0.1, 0.15) is 12.4 Å². The van der Waals surface area contributed by atoms with Gasteiger partial charge in [0, 0.05) is 12.4 Å². The molecular formula is C7H8N6. The van der Waals surface area contributed by atoms with E-state index in [0.29, 0.717) is 18.2 Å². The number of hydrogen-bond acceptors (Lipinski definition) is 5. The lowest BCUT2D eigenvalue weighted by atomic mass is 10.5. The Balaban J connectivity index is 2.19. The Morgan fingerprint density at radius 2 is 2.31 bits per heavy atom. The van der Waals surface area contributed by atoms with Gasteiger partial charge in [0.2, 0.25) is 0 Å². The van der Waals surface area contributed by atoms with Gasteiger partial charge in [0.25, 0.3) is 0 Å². The van der Waals surface area contributed by atoms with Crippen molar-refractivity contribution in [3.63, 3.8) is 0 Å². The Morgan fingerprint density at radius 1 is 1.38 bits per heavy atom. The first-order chi connectivity index (χ1) is 6.34. The average molecular weight is 176 g/mol. The van der Waals surface area contributed by atoms with Crippen LogP contribution in [0.15, 0.2) is 24.7 Å². The molecule has 2 aromatic rings. The predicted octanol–water partition coefficient (Wildman–Crippen LogP) is -0.301. The molecule has 0 fully saturated rings. The van der Waals surface area contributed by atoms with Crippen LogP contribution in [-0.2, 0) is 6.54 Å². The summed E-state index contributed by atoms with van der Waals surface area (Å²) in [6.45, 7) is 0.491. The minimum atomic E-state index is 0.463. The molecule has 66 valence electrons. The fraction of sp³-hybridized carbons (Fsp3) is 0.143. The number of nitrogen functional groups attached to an aromatic ring is 1. The van der Waals surface area contributed by atoms with Crippen molar-refractivity contribution in [3.05, 3.63) is 30.5 Å². The van der Waals surface area contributed by atoms with Gasteiger partial charge in [-0.15, -0.1) is 5.10 Å². The number of hydrogen-bond donors (Lipinski definition) is 1. The minimum Gasteiger partial charge on any atom is -0.384 e. The first kappa shape index (κ1) is 7.66. The Labute approximate surface area is 74.4 Å². The van der Waals surface area contributed by atoms with E-state index in [2.05, 4.69) is 20.3 Å². The maximum absolute atomic E-state index is 5.49. The molecule has 0 aliphatic heterocycles. The van der Waals surface area contributed by atoms with Crippen molar-refractivity contribution in [1.82, 2.24) is 25.0 Å². The van der Waals surface area contributed by atoms with E-state index >= 15 is 0 Å². The van der Waals surface area contributed by atoms with Crippen molar-refractivity contribution in [3.8, 4) is 0 Å². The molecule has 0 atom stereocenters. The van der Waals surface area contributed by atoms with Gasteiger partial charge in [0.05, 0.1) is 6.20 Å². The van der Waals surface area contributed by atoms with E-state index in [9.17, 15) is 0 Å². The summed E-state index contributed by atoms with van der Waals surface area (Å²) in [5.41, 5.74) is 5.49. The molecule has 0 aromatic carbocycles. The molecule has 13 heavy (non-hydrogen) atoms. The highest BCUT2D eigenvalue weighted by molar-refractivity contribution is 5.24. The summed E-state index contributed by atoms with van der Waals surface area (Å²) in [5.74, 6) is 1.09. The van der Waals surface area contributed by atoms with Crippen molar-refractivity contribution in [2.75, 3.05) is 5.73 Å². The molecule has 0 amide bonds. The molecule has 0 radical (unpaired) electrons. The maximum Gasteiger partial charge on any atom is 0.152 e. The number of nitrogens with two attached hydrogens (primary N) is 1. The van der Waals surface area contributed by atoms with Crippen LogP contribution in [0.5, 0.6) is 0 Å².